The summed E-state index contributed by atoms with van der Waals surface area (Å²) >= 11 is 0. The summed E-state index contributed by atoms with van der Waals surface area (Å²) in [4.78, 5) is 41.1. The quantitative estimate of drug-likeness (QED) is 0.739. The molecule has 0 aliphatic carbocycles. The van der Waals surface area contributed by atoms with Crippen LogP contribution in [-0.4, -0.2) is 87.2 Å². The lowest BCUT2D eigenvalue weighted by Gasteiger charge is -2.36. The van der Waals surface area contributed by atoms with Crippen molar-refractivity contribution in [1.82, 2.24) is 9.80 Å². The first kappa shape index (κ1) is 25.6. The van der Waals surface area contributed by atoms with Crippen molar-refractivity contribution < 1.29 is 28.6 Å². The highest BCUT2D eigenvalue weighted by Gasteiger charge is 2.29. The van der Waals surface area contributed by atoms with Crippen molar-refractivity contribution in [1.29, 1.82) is 0 Å². The molecular formula is C23H35N3O6. The summed E-state index contributed by atoms with van der Waals surface area (Å²) in [6.45, 7) is 6.76. The number of fused-ring (bicyclic) bond motifs is 1. The molecule has 1 aliphatic heterocycles. The van der Waals surface area contributed by atoms with Gasteiger partial charge in [0, 0.05) is 58.4 Å². The summed E-state index contributed by atoms with van der Waals surface area (Å²) in [5.41, 5.74) is 0.867. The van der Waals surface area contributed by atoms with Gasteiger partial charge in [-0.15, -0.1) is 0 Å². The molecule has 1 aromatic carbocycles. The van der Waals surface area contributed by atoms with Gasteiger partial charge < -0.3 is 29.3 Å². The van der Waals surface area contributed by atoms with Gasteiger partial charge in [-0.2, -0.15) is 0 Å². The number of amides is 3. The van der Waals surface area contributed by atoms with E-state index in [9.17, 15) is 14.4 Å². The average molecular weight is 450 g/mol. The van der Waals surface area contributed by atoms with Crippen molar-refractivity contribution in [2.24, 2.45) is 5.92 Å². The zero-order valence-corrected chi connectivity index (χ0v) is 19.8. The van der Waals surface area contributed by atoms with Crippen LogP contribution < -0.4 is 10.1 Å². The first-order valence-corrected chi connectivity index (χ1v) is 10.8. The molecule has 3 amide bonds. The predicted molar refractivity (Wildman–Crippen MR) is 121 cm³/mol. The molecule has 9 heteroatoms. The van der Waals surface area contributed by atoms with Crippen LogP contribution in [0.5, 0.6) is 5.75 Å². The van der Waals surface area contributed by atoms with Gasteiger partial charge >= 0.3 is 0 Å². The minimum Gasteiger partial charge on any atom is -0.491 e. The molecule has 3 atom stereocenters. The summed E-state index contributed by atoms with van der Waals surface area (Å²) < 4.78 is 16.6. The number of methoxy groups -OCH3 is 2. The molecule has 0 saturated carbocycles. The van der Waals surface area contributed by atoms with Crippen molar-refractivity contribution in [2.45, 2.75) is 39.3 Å². The van der Waals surface area contributed by atoms with Gasteiger partial charge in [-0.25, -0.2) is 0 Å². The van der Waals surface area contributed by atoms with E-state index in [1.807, 2.05) is 25.7 Å². The number of nitrogens with one attached hydrogen (secondary N) is 1. The second-order valence-electron chi connectivity index (χ2n) is 8.19. The Morgan fingerprint density at radius 3 is 2.56 bits per heavy atom. The first-order valence-electron chi connectivity index (χ1n) is 10.8. The van der Waals surface area contributed by atoms with Gasteiger partial charge in [0.05, 0.1) is 17.7 Å². The van der Waals surface area contributed by atoms with Gasteiger partial charge in [0.2, 0.25) is 11.8 Å². The number of ether oxygens (including phenoxy) is 3. The summed E-state index contributed by atoms with van der Waals surface area (Å²) in [5, 5.41) is 2.72. The van der Waals surface area contributed by atoms with E-state index < -0.39 is 0 Å². The van der Waals surface area contributed by atoms with Crippen LogP contribution in [0.3, 0.4) is 0 Å². The molecule has 32 heavy (non-hydrogen) atoms. The summed E-state index contributed by atoms with van der Waals surface area (Å²) in [5.74, 6) is -0.126. The van der Waals surface area contributed by atoms with E-state index in [0.29, 0.717) is 36.5 Å². The Kier molecular flexibility index (Phi) is 9.46. The lowest BCUT2D eigenvalue weighted by molar-refractivity contribution is -0.135. The van der Waals surface area contributed by atoms with Gasteiger partial charge in [0.15, 0.2) is 0 Å². The van der Waals surface area contributed by atoms with Gasteiger partial charge in [0.25, 0.3) is 5.91 Å². The number of carbonyl (C=O) groups is 3. The highest BCUT2D eigenvalue weighted by molar-refractivity contribution is 5.98. The molecule has 1 heterocycles. The lowest BCUT2D eigenvalue weighted by Crippen LogP contribution is -2.48. The smallest absolute Gasteiger partial charge is 0.257 e. The van der Waals surface area contributed by atoms with Crippen LogP contribution in [0, 0.1) is 5.92 Å². The fourth-order valence-electron chi connectivity index (χ4n) is 3.73. The van der Waals surface area contributed by atoms with Crippen LogP contribution >= 0.6 is 0 Å². The number of benzene rings is 1. The summed E-state index contributed by atoms with van der Waals surface area (Å²) in [7, 11) is 4.77. The van der Waals surface area contributed by atoms with Crippen LogP contribution in [-0.2, 0) is 19.1 Å². The summed E-state index contributed by atoms with van der Waals surface area (Å²) in [6, 6.07) is 4.69. The Bertz CT molecular complexity index is 815. The molecule has 1 N–H and O–H groups in total. The molecule has 0 saturated heterocycles. The predicted octanol–water partition coefficient (Wildman–Crippen LogP) is 2.01. The standard InChI is InChI=1S/C23H35N3O6/c1-7-22(28)26-11-15(2)20(31-6)12-25(4)23(29)18-9-8-17(24-21(27)14-30-5)10-19(18)32-13-16(26)3/h8-10,15-16,20H,7,11-14H2,1-6H3,(H,24,27)/t15-,16+,20-/m0/s1. The number of nitrogens with zero attached hydrogens (tertiary/aromatic N) is 2. The van der Waals surface area contributed by atoms with Gasteiger partial charge in [0.1, 0.15) is 19.0 Å². The zero-order valence-electron chi connectivity index (χ0n) is 19.8. The van der Waals surface area contributed by atoms with Crippen LogP contribution in [0.1, 0.15) is 37.6 Å². The molecule has 0 radical (unpaired) electrons. The van der Waals surface area contributed by atoms with E-state index in [0.717, 1.165) is 0 Å². The van der Waals surface area contributed by atoms with E-state index in [2.05, 4.69) is 5.32 Å². The van der Waals surface area contributed by atoms with Crippen molar-refractivity contribution in [3.63, 3.8) is 0 Å². The zero-order chi connectivity index (χ0) is 23.8. The van der Waals surface area contributed by atoms with Crippen molar-refractivity contribution in [2.75, 3.05) is 52.9 Å². The normalized spacial score (nSPS) is 22.3. The molecule has 0 fully saturated rings. The van der Waals surface area contributed by atoms with Crippen LogP contribution in [0.2, 0.25) is 0 Å². The molecule has 0 unspecified atom stereocenters. The van der Waals surface area contributed by atoms with Crippen LogP contribution in [0.4, 0.5) is 5.69 Å². The Morgan fingerprint density at radius 2 is 1.94 bits per heavy atom. The Labute approximate surface area is 190 Å². The maximum atomic E-state index is 13.2. The van der Waals surface area contributed by atoms with E-state index in [1.54, 1.807) is 37.3 Å². The van der Waals surface area contributed by atoms with Crippen LogP contribution in [0.15, 0.2) is 18.2 Å². The minimum absolute atomic E-state index is 0.0190. The summed E-state index contributed by atoms with van der Waals surface area (Å²) in [6.07, 6.45) is 0.152. The molecule has 1 aliphatic rings. The third kappa shape index (κ3) is 6.43. The largest absolute Gasteiger partial charge is 0.491 e. The number of anilines is 1. The minimum atomic E-state index is -0.311. The van der Waals surface area contributed by atoms with Gasteiger partial charge in [-0.1, -0.05) is 13.8 Å². The highest BCUT2D eigenvalue weighted by Crippen LogP contribution is 2.27. The third-order valence-corrected chi connectivity index (χ3v) is 5.63. The Hall–Kier alpha value is -2.65. The number of likely N-dealkylation sites (N-methyl/N-ethyl adjacent to an activating group) is 1. The monoisotopic (exact) mass is 449 g/mol. The topological polar surface area (TPSA) is 97.4 Å². The molecule has 1 aromatic rings. The van der Waals surface area contributed by atoms with E-state index in [-0.39, 0.29) is 49.0 Å². The van der Waals surface area contributed by atoms with E-state index >= 15 is 0 Å². The van der Waals surface area contributed by atoms with Gasteiger partial charge in [-0.05, 0) is 19.1 Å². The molecule has 0 bridgehead atoms. The molecular weight excluding hydrogens is 414 g/mol. The number of hydrogen-bond donors (Lipinski definition) is 1. The number of hydrogen-bond acceptors (Lipinski definition) is 6. The maximum Gasteiger partial charge on any atom is 0.257 e. The second kappa shape index (κ2) is 11.8. The fraction of sp³-hybridized carbons (Fsp3) is 0.609. The van der Waals surface area contributed by atoms with E-state index in [4.69, 9.17) is 14.2 Å². The number of rotatable bonds is 5. The van der Waals surface area contributed by atoms with Crippen LogP contribution in [0.25, 0.3) is 0 Å². The third-order valence-electron chi connectivity index (χ3n) is 5.63. The molecule has 178 valence electrons. The SMILES string of the molecule is CCC(=O)N1C[C@H](C)[C@@H](OC)CN(C)C(=O)c2ccc(NC(=O)COC)cc2OC[C@H]1C. The second-order valence-corrected chi connectivity index (χ2v) is 8.19. The number of carbonyl (C=O) groups excluding carboxylic acids is 3. The van der Waals surface area contributed by atoms with Crippen molar-refractivity contribution >= 4 is 23.4 Å². The fourth-order valence-corrected chi connectivity index (χ4v) is 3.73. The Morgan fingerprint density at radius 1 is 1.22 bits per heavy atom. The van der Waals surface area contributed by atoms with Crippen molar-refractivity contribution in [3.8, 4) is 5.75 Å². The molecule has 0 spiro atoms. The molecule has 0 aromatic heterocycles. The van der Waals surface area contributed by atoms with Crippen molar-refractivity contribution in [3.05, 3.63) is 23.8 Å². The van der Waals surface area contributed by atoms with E-state index in [1.165, 1.54) is 7.11 Å². The Balaban J connectivity index is 2.42. The average Bonchev–Trinajstić information content (AvgIpc) is 2.77. The maximum absolute atomic E-state index is 13.2. The van der Waals surface area contributed by atoms with Gasteiger partial charge in [-0.3, -0.25) is 14.4 Å². The lowest BCUT2D eigenvalue weighted by atomic mass is 10.0. The highest BCUT2D eigenvalue weighted by atomic mass is 16.5. The molecule has 2 rings (SSSR count). The first-order chi connectivity index (χ1) is 15.2. The molecule has 9 nitrogen and oxygen atoms in total.